The van der Waals surface area contributed by atoms with Gasteiger partial charge < -0.3 is 9.72 Å². The summed E-state index contributed by atoms with van der Waals surface area (Å²) in [6.07, 6.45) is -0.204. The van der Waals surface area contributed by atoms with Crippen molar-refractivity contribution in [2.75, 3.05) is 6.61 Å². The second-order valence-electron chi connectivity index (χ2n) is 6.31. The van der Waals surface area contributed by atoms with E-state index in [0.29, 0.717) is 12.4 Å². The first-order valence-corrected chi connectivity index (χ1v) is 6.90. The number of aromatic nitrogens is 2. The summed E-state index contributed by atoms with van der Waals surface area (Å²) < 4.78 is 5.77. The lowest BCUT2D eigenvalue weighted by molar-refractivity contribution is -0.0194. The van der Waals surface area contributed by atoms with Gasteiger partial charge in [-0.05, 0) is 25.2 Å². The van der Waals surface area contributed by atoms with Crippen molar-refractivity contribution in [1.82, 2.24) is 9.97 Å². The first-order valence-electron chi connectivity index (χ1n) is 6.90. The van der Waals surface area contributed by atoms with Crippen LogP contribution in [0.3, 0.4) is 0 Å². The van der Waals surface area contributed by atoms with Gasteiger partial charge in [-0.15, -0.1) is 0 Å². The van der Waals surface area contributed by atoms with Crippen molar-refractivity contribution in [3.05, 3.63) is 27.4 Å². The fourth-order valence-corrected chi connectivity index (χ4v) is 2.33. The van der Waals surface area contributed by atoms with Gasteiger partial charge in [0.2, 0.25) is 0 Å². The van der Waals surface area contributed by atoms with Crippen LogP contribution in [-0.2, 0) is 4.74 Å². The summed E-state index contributed by atoms with van der Waals surface area (Å²) >= 11 is 0. The van der Waals surface area contributed by atoms with E-state index in [4.69, 9.17) is 4.74 Å². The number of aryl methyl sites for hydroxylation is 1. The van der Waals surface area contributed by atoms with E-state index in [-0.39, 0.29) is 23.0 Å². The average molecular weight is 266 g/mol. The number of aromatic amines is 1. The highest BCUT2D eigenvalue weighted by Crippen LogP contribution is 2.34. The van der Waals surface area contributed by atoms with E-state index < -0.39 is 0 Å². The number of rotatable bonds is 4. The van der Waals surface area contributed by atoms with Crippen LogP contribution >= 0.6 is 0 Å². The van der Waals surface area contributed by atoms with Gasteiger partial charge in [-0.2, -0.15) is 0 Å². The minimum absolute atomic E-state index is 0.0496. The molecule has 1 N–H and O–H groups in total. The molecule has 0 aliphatic rings. The van der Waals surface area contributed by atoms with E-state index in [1.165, 1.54) is 0 Å². The molecule has 0 fully saturated rings. The molecule has 0 aliphatic heterocycles. The van der Waals surface area contributed by atoms with Crippen LogP contribution in [0.4, 0.5) is 0 Å². The van der Waals surface area contributed by atoms with Crippen LogP contribution in [0.2, 0.25) is 0 Å². The Morgan fingerprint density at radius 3 is 2.26 bits per heavy atom. The van der Waals surface area contributed by atoms with E-state index in [1.807, 2.05) is 27.7 Å². The van der Waals surface area contributed by atoms with Gasteiger partial charge >= 0.3 is 0 Å². The third kappa shape index (κ3) is 3.66. The highest BCUT2D eigenvalue weighted by molar-refractivity contribution is 5.21. The largest absolute Gasteiger partial charge is 0.370 e. The molecule has 0 aliphatic carbocycles. The molecule has 0 aromatic carbocycles. The zero-order valence-electron chi connectivity index (χ0n) is 13.1. The van der Waals surface area contributed by atoms with Gasteiger partial charge in [0.15, 0.2) is 0 Å². The molecule has 0 saturated heterocycles. The molecule has 0 bridgehead atoms. The molecule has 0 spiro atoms. The number of hydrogen-bond donors (Lipinski definition) is 1. The van der Waals surface area contributed by atoms with Crippen molar-refractivity contribution >= 4 is 0 Å². The maximum atomic E-state index is 12.2. The molecule has 1 rings (SSSR count). The predicted molar refractivity (Wildman–Crippen MR) is 77.5 cm³/mol. The molecule has 0 amide bonds. The zero-order valence-corrected chi connectivity index (χ0v) is 13.1. The maximum Gasteiger partial charge on any atom is 0.254 e. The summed E-state index contributed by atoms with van der Waals surface area (Å²) in [5, 5.41) is 0. The summed E-state index contributed by atoms with van der Waals surface area (Å²) in [5.74, 6) is 0.798. The molecule has 0 radical (unpaired) electrons. The van der Waals surface area contributed by atoms with E-state index in [9.17, 15) is 4.79 Å². The van der Waals surface area contributed by atoms with Crippen molar-refractivity contribution in [2.45, 2.75) is 60.5 Å². The topological polar surface area (TPSA) is 55.0 Å². The second-order valence-corrected chi connectivity index (χ2v) is 6.31. The summed E-state index contributed by atoms with van der Waals surface area (Å²) in [6, 6.07) is 0. The minimum Gasteiger partial charge on any atom is -0.370 e. The van der Waals surface area contributed by atoms with E-state index >= 15 is 0 Å². The highest BCUT2D eigenvalue weighted by Gasteiger charge is 2.29. The lowest BCUT2D eigenvalue weighted by Gasteiger charge is -2.29. The molecular formula is C15H26N2O2. The summed E-state index contributed by atoms with van der Waals surface area (Å²) in [7, 11) is 0. The smallest absolute Gasteiger partial charge is 0.254 e. The van der Waals surface area contributed by atoms with Crippen molar-refractivity contribution in [3.8, 4) is 0 Å². The Morgan fingerprint density at radius 1 is 1.32 bits per heavy atom. The highest BCUT2D eigenvalue weighted by atomic mass is 16.5. The standard InChI is InChI=1S/C15H26N2O2/c1-8-19-12(15(5,6)7)13-16-10(4)11(9(2)3)14(18)17-13/h9,12H,8H2,1-7H3,(H,16,17,18). The van der Waals surface area contributed by atoms with Crippen molar-refractivity contribution in [1.29, 1.82) is 0 Å². The first kappa shape index (κ1) is 15.9. The lowest BCUT2D eigenvalue weighted by Crippen LogP contribution is -2.28. The fraction of sp³-hybridized carbons (Fsp3) is 0.733. The minimum atomic E-state index is -0.204. The van der Waals surface area contributed by atoms with Gasteiger partial charge in [-0.25, -0.2) is 4.98 Å². The SMILES string of the molecule is CCOC(c1nc(C)c(C(C)C)c(=O)[nH]1)C(C)(C)C. The van der Waals surface area contributed by atoms with Gasteiger partial charge in [0, 0.05) is 17.9 Å². The molecule has 0 saturated carbocycles. The van der Waals surface area contributed by atoms with Crippen LogP contribution in [0.1, 0.15) is 70.6 Å². The van der Waals surface area contributed by atoms with Crippen molar-refractivity contribution < 1.29 is 4.74 Å². The molecule has 19 heavy (non-hydrogen) atoms. The monoisotopic (exact) mass is 266 g/mol. The van der Waals surface area contributed by atoms with Crippen LogP contribution in [0.25, 0.3) is 0 Å². The normalized spacial score (nSPS) is 13.9. The number of H-pyrrole nitrogens is 1. The Morgan fingerprint density at radius 2 is 1.89 bits per heavy atom. The summed E-state index contributed by atoms with van der Waals surface area (Å²) in [5.41, 5.74) is 1.39. The van der Waals surface area contributed by atoms with Gasteiger partial charge in [0.25, 0.3) is 5.56 Å². The molecule has 1 heterocycles. The number of nitrogens with one attached hydrogen (secondary N) is 1. The maximum absolute atomic E-state index is 12.2. The van der Waals surface area contributed by atoms with Gasteiger partial charge in [0.1, 0.15) is 11.9 Å². The summed E-state index contributed by atoms with van der Waals surface area (Å²) in [6.45, 7) is 14.7. The third-order valence-electron chi connectivity index (χ3n) is 3.11. The van der Waals surface area contributed by atoms with Crippen LogP contribution < -0.4 is 5.56 Å². The fourth-order valence-electron chi connectivity index (χ4n) is 2.33. The molecule has 1 unspecified atom stereocenters. The Kier molecular flexibility index (Phi) is 4.91. The molecular weight excluding hydrogens is 240 g/mol. The average Bonchev–Trinajstić information content (AvgIpc) is 2.22. The van der Waals surface area contributed by atoms with E-state index in [2.05, 4.69) is 30.7 Å². The molecule has 1 aromatic rings. The van der Waals surface area contributed by atoms with Crippen molar-refractivity contribution in [2.24, 2.45) is 5.41 Å². The van der Waals surface area contributed by atoms with Crippen LogP contribution in [0.15, 0.2) is 4.79 Å². The first-order chi connectivity index (χ1) is 8.68. The number of nitrogens with zero attached hydrogens (tertiary/aromatic N) is 1. The molecule has 4 heteroatoms. The molecule has 1 aromatic heterocycles. The zero-order chi connectivity index (χ0) is 14.8. The summed E-state index contributed by atoms with van der Waals surface area (Å²) in [4.78, 5) is 19.6. The Bertz CT molecular complexity index is 484. The Balaban J connectivity index is 3.32. The van der Waals surface area contributed by atoms with Gasteiger partial charge in [-0.3, -0.25) is 4.79 Å². The van der Waals surface area contributed by atoms with Gasteiger partial charge in [0.05, 0.1) is 0 Å². The van der Waals surface area contributed by atoms with Crippen LogP contribution in [0, 0.1) is 12.3 Å². The number of hydrogen-bond acceptors (Lipinski definition) is 3. The lowest BCUT2D eigenvalue weighted by atomic mass is 9.88. The molecule has 1 atom stereocenters. The predicted octanol–water partition coefficient (Wildman–Crippen LogP) is 3.33. The van der Waals surface area contributed by atoms with Crippen LogP contribution in [-0.4, -0.2) is 16.6 Å². The Labute approximate surface area is 115 Å². The van der Waals surface area contributed by atoms with Crippen molar-refractivity contribution in [3.63, 3.8) is 0 Å². The van der Waals surface area contributed by atoms with Gasteiger partial charge in [-0.1, -0.05) is 34.6 Å². The quantitative estimate of drug-likeness (QED) is 0.909. The third-order valence-corrected chi connectivity index (χ3v) is 3.11. The molecule has 4 nitrogen and oxygen atoms in total. The number of ether oxygens (including phenoxy) is 1. The van der Waals surface area contributed by atoms with E-state index in [1.54, 1.807) is 0 Å². The molecule has 108 valence electrons. The van der Waals surface area contributed by atoms with Crippen LogP contribution in [0.5, 0.6) is 0 Å². The second kappa shape index (κ2) is 5.87. The van der Waals surface area contributed by atoms with E-state index in [0.717, 1.165) is 11.3 Å². The Hall–Kier alpha value is -1.16.